The molecule has 0 spiro atoms. The largest absolute Gasteiger partial charge is 0.506 e. The minimum Gasteiger partial charge on any atom is -0.506 e. The molecule has 96 valence electrons. The molecule has 0 radical (unpaired) electrons. The van der Waals surface area contributed by atoms with Gasteiger partial charge in [-0.2, -0.15) is 5.26 Å². The van der Waals surface area contributed by atoms with Gasteiger partial charge in [0.1, 0.15) is 11.4 Å². The standard InChI is InChI=1S/C13H16N2O3/c1-13(2,3)18-12(17)15-10-5-4-9(6-7-14)8-11(10)16/h4-5,8,16H,6H2,1-3H3,(H,15,17). The van der Waals surface area contributed by atoms with E-state index in [0.29, 0.717) is 5.56 Å². The van der Waals surface area contributed by atoms with Gasteiger partial charge in [0.05, 0.1) is 18.2 Å². The Morgan fingerprint density at radius 1 is 1.50 bits per heavy atom. The quantitative estimate of drug-likeness (QED) is 0.788. The van der Waals surface area contributed by atoms with Crippen LogP contribution >= 0.6 is 0 Å². The summed E-state index contributed by atoms with van der Waals surface area (Å²) in [6.07, 6.45) is -0.425. The van der Waals surface area contributed by atoms with Crippen LogP contribution in [0, 0.1) is 11.3 Å². The van der Waals surface area contributed by atoms with Gasteiger partial charge in [-0.3, -0.25) is 5.32 Å². The van der Waals surface area contributed by atoms with Crippen LogP contribution in [0.3, 0.4) is 0 Å². The maximum Gasteiger partial charge on any atom is 0.412 e. The van der Waals surface area contributed by atoms with Crippen molar-refractivity contribution in [2.24, 2.45) is 0 Å². The molecule has 1 rings (SSSR count). The summed E-state index contributed by atoms with van der Waals surface area (Å²) in [6.45, 7) is 5.26. The summed E-state index contributed by atoms with van der Waals surface area (Å²) in [5.74, 6) is -0.0893. The van der Waals surface area contributed by atoms with Crippen LogP contribution in [-0.2, 0) is 11.2 Å². The molecule has 0 aliphatic rings. The normalized spacial score (nSPS) is 10.6. The lowest BCUT2D eigenvalue weighted by Gasteiger charge is -2.20. The lowest BCUT2D eigenvalue weighted by Crippen LogP contribution is -2.27. The zero-order valence-electron chi connectivity index (χ0n) is 10.7. The second kappa shape index (κ2) is 5.41. The van der Waals surface area contributed by atoms with Crippen molar-refractivity contribution in [1.29, 1.82) is 5.26 Å². The first-order chi connectivity index (χ1) is 8.31. The van der Waals surface area contributed by atoms with Gasteiger partial charge >= 0.3 is 6.09 Å². The zero-order valence-corrected chi connectivity index (χ0v) is 10.7. The zero-order chi connectivity index (χ0) is 13.8. The number of phenols is 1. The van der Waals surface area contributed by atoms with Gasteiger partial charge in [0, 0.05) is 0 Å². The monoisotopic (exact) mass is 248 g/mol. The molecule has 18 heavy (non-hydrogen) atoms. The maximum absolute atomic E-state index is 11.5. The van der Waals surface area contributed by atoms with Gasteiger partial charge in [-0.05, 0) is 38.5 Å². The number of rotatable bonds is 2. The number of carbonyl (C=O) groups excluding carboxylic acids is 1. The summed E-state index contributed by atoms with van der Waals surface area (Å²) in [7, 11) is 0. The van der Waals surface area contributed by atoms with E-state index in [2.05, 4.69) is 5.32 Å². The molecule has 0 bridgehead atoms. The van der Waals surface area contributed by atoms with E-state index < -0.39 is 11.7 Å². The number of benzene rings is 1. The Morgan fingerprint density at radius 3 is 2.67 bits per heavy atom. The van der Waals surface area contributed by atoms with Crippen LogP contribution in [-0.4, -0.2) is 16.8 Å². The minimum absolute atomic E-state index is 0.0893. The molecule has 0 unspecified atom stereocenters. The number of nitrogens with zero attached hydrogens (tertiary/aromatic N) is 1. The molecule has 1 amide bonds. The number of hydrogen-bond acceptors (Lipinski definition) is 4. The van der Waals surface area contributed by atoms with E-state index in [4.69, 9.17) is 10.00 Å². The van der Waals surface area contributed by atoms with Crippen molar-refractivity contribution in [1.82, 2.24) is 0 Å². The summed E-state index contributed by atoms with van der Waals surface area (Å²) < 4.78 is 5.06. The van der Waals surface area contributed by atoms with E-state index in [-0.39, 0.29) is 17.9 Å². The molecule has 0 aromatic heterocycles. The SMILES string of the molecule is CC(C)(C)OC(=O)Nc1ccc(CC#N)cc1O. The van der Waals surface area contributed by atoms with Crippen LogP contribution in [0.15, 0.2) is 18.2 Å². The van der Waals surface area contributed by atoms with E-state index in [1.165, 1.54) is 12.1 Å². The van der Waals surface area contributed by atoms with E-state index in [0.717, 1.165) is 0 Å². The Labute approximate surface area is 106 Å². The Morgan fingerprint density at radius 2 is 2.17 bits per heavy atom. The molecule has 2 N–H and O–H groups in total. The molecular formula is C13H16N2O3. The third-order valence-electron chi connectivity index (χ3n) is 1.98. The van der Waals surface area contributed by atoms with E-state index >= 15 is 0 Å². The molecule has 1 aromatic rings. The number of aromatic hydroxyl groups is 1. The van der Waals surface area contributed by atoms with Gasteiger partial charge in [-0.25, -0.2) is 4.79 Å². The third-order valence-corrected chi connectivity index (χ3v) is 1.98. The fraction of sp³-hybridized carbons (Fsp3) is 0.385. The van der Waals surface area contributed by atoms with Crippen LogP contribution in [0.5, 0.6) is 5.75 Å². The molecule has 0 saturated carbocycles. The minimum atomic E-state index is -0.633. The van der Waals surface area contributed by atoms with Crippen molar-refractivity contribution >= 4 is 11.8 Å². The smallest absolute Gasteiger partial charge is 0.412 e. The van der Waals surface area contributed by atoms with Crippen LogP contribution in [0.25, 0.3) is 0 Å². The summed E-state index contributed by atoms with van der Waals surface area (Å²) in [5.41, 5.74) is 0.344. The van der Waals surface area contributed by atoms with Gasteiger partial charge in [0.15, 0.2) is 0 Å². The number of hydrogen-bond donors (Lipinski definition) is 2. The van der Waals surface area contributed by atoms with Crippen molar-refractivity contribution in [2.75, 3.05) is 5.32 Å². The molecule has 0 heterocycles. The highest BCUT2D eigenvalue weighted by atomic mass is 16.6. The van der Waals surface area contributed by atoms with Crippen molar-refractivity contribution in [3.8, 4) is 11.8 Å². The molecule has 1 aromatic carbocycles. The molecule has 0 atom stereocenters. The van der Waals surface area contributed by atoms with E-state index in [1.54, 1.807) is 26.8 Å². The first-order valence-corrected chi connectivity index (χ1v) is 5.50. The first kappa shape index (κ1) is 13.8. The number of amides is 1. The highest BCUT2D eigenvalue weighted by Crippen LogP contribution is 2.25. The van der Waals surface area contributed by atoms with Gasteiger partial charge in [0.25, 0.3) is 0 Å². The number of anilines is 1. The Kier molecular flexibility index (Phi) is 4.16. The molecular weight excluding hydrogens is 232 g/mol. The highest BCUT2D eigenvalue weighted by Gasteiger charge is 2.17. The molecule has 0 saturated heterocycles. The van der Waals surface area contributed by atoms with Crippen LogP contribution < -0.4 is 5.32 Å². The predicted molar refractivity (Wildman–Crippen MR) is 67.3 cm³/mol. The molecule has 0 aliphatic heterocycles. The summed E-state index contributed by atoms with van der Waals surface area (Å²) >= 11 is 0. The maximum atomic E-state index is 11.5. The Hall–Kier alpha value is -2.22. The number of nitrogens with one attached hydrogen (secondary N) is 1. The van der Waals surface area contributed by atoms with Gasteiger partial charge in [0.2, 0.25) is 0 Å². The van der Waals surface area contributed by atoms with Crippen molar-refractivity contribution in [3.63, 3.8) is 0 Å². The van der Waals surface area contributed by atoms with Crippen LogP contribution in [0.1, 0.15) is 26.3 Å². The van der Waals surface area contributed by atoms with Gasteiger partial charge in [-0.1, -0.05) is 6.07 Å². The van der Waals surface area contributed by atoms with Crippen LogP contribution in [0.4, 0.5) is 10.5 Å². The average molecular weight is 248 g/mol. The fourth-order valence-electron chi connectivity index (χ4n) is 1.30. The number of nitriles is 1. The number of phenolic OH excluding ortho intramolecular Hbond substituents is 1. The van der Waals surface area contributed by atoms with E-state index in [9.17, 15) is 9.90 Å². The lowest BCUT2D eigenvalue weighted by atomic mass is 10.1. The number of ether oxygens (including phenoxy) is 1. The summed E-state index contributed by atoms with van der Waals surface area (Å²) in [4.78, 5) is 11.5. The topological polar surface area (TPSA) is 82.3 Å². The van der Waals surface area contributed by atoms with Crippen LogP contribution in [0.2, 0.25) is 0 Å². The Balaban J connectivity index is 2.74. The second-order valence-corrected chi connectivity index (χ2v) is 4.81. The van der Waals surface area contributed by atoms with Crippen molar-refractivity contribution in [2.45, 2.75) is 32.8 Å². The fourth-order valence-corrected chi connectivity index (χ4v) is 1.30. The number of carbonyl (C=O) groups is 1. The molecule has 0 aliphatic carbocycles. The first-order valence-electron chi connectivity index (χ1n) is 5.50. The summed E-state index contributed by atoms with van der Waals surface area (Å²) in [5, 5.41) is 20.7. The predicted octanol–water partition coefficient (Wildman–Crippen LogP) is 2.81. The molecule has 0 fully saturated rings. The van der Waals surface area contributed by atoms with Crippen molar-refractivity contribution < 1.29 is 14.6 Å². The molecule has 5 heteroatoms. The Bertz CT molecular complexity index is 484. The third kappa shape index (κ3) is 4.34. The van der Waals surface area contributed by atoms with Gasteiger partial charge in [-0.15, -0.1) is 0 Å². The second-order valence-electron chi connectivity index (χ2n) is 4.81. The van der Waals surface area contributed by atoms with Gasteiger partial charge < -0.3 is 9.84 Å². The summed E-state index contributed by atoms with van der Waals surface area (Å²) in [6, 6.07) is 6.62. The highest BCUT2D eigenvalue weighted by molar-refractivity contribution is 5.86. The lowest BCUT2D eigenvalue weighted by molar-refractivity contribution is 0.0635. The average Bonchev–Trinajstić information content (AvgIpc) is 2.20. The van der Waals surface area contributed by atoms with Crippen molar-refractivity contribution in [3.05, 3.63) is 23.8 Å². The molecule has 5 nitrogen and oxygen atoms in total. The van der Waals surface area contributed by atoms with E-state index in [1.807, 2.05) is 6.07 Å².